The van der Waals surface area contributed by atoms with Crippen molar-refractivity contribution >= 4 is 16.9 Å². The number of hydrogen-bond donors (Lipinski definition) is 2. The van der Waals surface area contributed by atoms with Crippen LogP contribution < -0.4 is 5.32 Å². The largest absolute Gasteiger partial charge is 0.418 e. The maximum Gasteiger partial charge on any atom is 0.418 e. The van der Waals surface area contributed by atoms with Gasteiger partial charge >= 0.3 is 6.18 Å². The average molecular weight is 338 g/mol. The first kappa shape index (κ1) is 17.6. The Morgan fingerprint density at radius 3 is 2.38 bits per heavy atom. The molecule has 0 aliphatic rings. The molecule has 0 bridgehead atoms. The quantitative estimate of drug-likeness (QED) is 0.759. The third kappa shape index (κ3) is 4.18. The van der Waals surface area contributed by atoms with Gasteiger partial charge in [-0.25, -0.2) is 19.9 Å². The van der Waals surface area contributed by atoms with Gasteiger partial charge < -0.3 is 10.3 Å². The number of nitrogens with zero attached hydrogens (tertiary/aromatic N) is 4. The molecule has 0 atom stereocenters. The average Bonchev–Trinajstić information content (AvgIpc) is 2.99. The lowest BCUT2D eigenvalue weighted by Gasteiger charge is -2.09. The van der Waals surface area contributed by atoms with E-state index in [9.17, 15) is 13.2 Å². The molecular weight excluding hydrogens is 321 g/mol. The van der Waals surface area contributed by atoms with E-state index in [1.165, 1.54) is 19.1 Å². The number of fused-ring (bicyclic) bond motifs is 1. The van der Waals surface area contributed by atoms with Gasteiger partial charge in [-0.2, -0.15) is 13.2 Å². The van der Waals surface area contributed by atoms with Crippen molar-refractivity contribution in [2.75, 3.05) is 5.32 Å². The fourth-order valence-corrected chi connectivity index (χ4v) is 1.93. The fourth-order valence-electron chi connectivity index (χ4n) is 1.93. The zero-order valence-electron chi connectivity index (χ0n) is 13.2. The maximum atomic E-state index is 13.0. The van der Waals surface area contributed by atoms with Crippen molar-refractivity contribution < 1.29 is 13.2 Å². The summed E-state index contributed by atoms with van der Waals surface area (Å²) in [6.07, 6.45) is 3.37. The first-order chi connectivity index (χ1) is 11.5. The second-order valence-electron chi connectivity index (χ2n) is 4.95. The first-order valence-corrected chi connectivity index (χ1v) is 7.34. The van der Waals surface area contributed by atoms with E-state index in [2.05, 4.69) is 44.1 Å². The molecule has 0 unspecified atom stereocenters. The molecule has 24 heavy (non-hydrogen) atoms. The van der Waals surface area contributed by atoms with E-state index in [-0.39, 0.29) is 23.4 Å². The highest BCUT2D eigenvalue weighted by molar-refractivity contribution is 5.90. The molecule has 0 amide bonds. The van der Waals surface area contributed by atoms with Crippen LogP contribution in [0.3, 0.4) is 0 Å². The fraction of sp³-hybridized carbons (Fsp3) is 0.333. The maximum absolute atomic E-state index is 13.0. The molecule has 0 aliphatic heterocycles. The number of aromatic amines is 1. The summed E-state index contributed by atoms with van der Waals surface area (Å²) in [4.78, 5) is 17.9. The Labute approximate surface area is 136 Å². The predicted molar refractivity (Wildman–Crippen MR) is 84.2 cm³/mol. The van der Waals surface area contributed by atoms with Gasteiger partial charge in [0.05, 0.1) is 10.9 Å². The Balaban J connectivity index is 0.000000647. The zero-order chi connectivity index (χ0) is 17.6. The number of rotatable bonds is 3. The molecule has 3 aromatic heterocycles. The molecular formula is C15H17F3N6. The Morgan fingerprint density at radius 2 is 1.75 bits per heavy atom. The van der Waals surface area contributed by atoms with Crippen LogP contribution in [0.5, 0.6) is 0 Å². The SMILES string of the molecule is CCC.FC(F)(F)c1c[nH]c2ncnc(NCc3cncnc3)c12. The summed E-state index contributed by atoms with van der Waals surface area (Å²) < 4.78 is 38.9. The number of halogens is 3. The van der Waals surface area contributed by atoms with Crippen LogP contribution in [0, 0.1) is 0 Å². The molecule has 2 N–H and O–H groups in total. The van der Waals surface area contributed by atoms with Crippen LogP contribution in [0.1, 0.15) is 31.4 Å². The Morgan fingerprint density at radius 1 is 1.08 bits per heavy atom. The molecule has 0 saturated heterocycles. The zero-order valence-corrected chi connectivity index (χ0v) is 13.2. The molecule has 0 fully saturated rings. The second-order valence-corrected chi connectivity index (χ2v) is 4.95. The molecule has 6 nitrogen and oxygen atoms in total. The molecule has 0 saturated carbocycles. The van der Waals surface area contributed by atoms with Crippen molar-refractivity contribution in [2.24, 2.45) is 0 Å². The lowest BCUT2D eigenvalue weighted by atomic mass is 10.2. The van der Waals surface area contributed by atoms with E-state index in [0.29, 0.717) is 0 Å². The van der Waals surface area contributed by atoms with Gasteiger partial charge in [-0.1, -0.05) is 20.3 Å². The topological polar surface area (TPSA) is 79.4 Å². The van der Waals surface area contributed by atoms with E-state index in [4.69, 9.17) is 0 Å². The lowest BCUT2D eigenvalue weighted by Crippen LogP contribution is -2.07. The Hall–Kier alpha value is -2.71. The Bertz CT molecular complexity index is 770. The second kappa shape index (κ2) is 7.71. The van der Waals surface area contributed by atoms with Gasteiger partial charge in [0.1, 0.15) is 24.1 Å². The number of hydrogen-bond acceptors (Lipinski definition) is 5. The molecule has 0 radical (unpaired) electrons. The van der Waals surface area contributed by atoms with Crippen LogP contribution >= 0.6 is 0 Å². The van der Waals surface area contributed by atoms with Crippen LogP contribution in [0.4, 0.5) is 19.0 Å². The van der Waals surface area contributed by atoms with Gasteiger partial charge in [-0.15, -0.1) is 0 Å². The summed E-state index contributed by atoms with van der Waals surface area (Å²) in [7, 11) is 0. The van der Waals surface area contributed by atoms with Crippen molar-refractivity contribution in [1.82, 2.24) is 24.9 Å². The van der Waals surface area contributed by atoms with Crippen molar-refractivity contribution in [3.63, 3.8) is 0 Å². The van der Waals surface area contributed by atoms with Crippen molar-refractivity contribution in [3.05, 3.63) is 42.4 Å². The van der Waals surface area contributed by atoms with Crippen LogP contribution in [0.25, 0.3) is 11.0 Å². The summed E-state index contributed by atoms with van der Waals surface area (Å²) >= 11 is 0. The molecule has 0 spiro atoms. The summed E-state index contributed by atoms with van der Waals surface area (Å²) in [5.41, 5.74) is 0.0578. The van der Waals surface area contributed by atoms with Crippen LogP contribution in [0.15, 0.2) is 31.2 Å². The van der Waals surface area contributed by atoms with Crippen LogP contribution in [-0.2, 0) is 12.7 Å². The number of H-pyrrole nitrogens is 1. The van der Waals surface area contributed by atoms with E-state index in [0.717, 1.165) is 11.8 Å². The normalized spacial score (nSPS) is 11.0. The summed E-state index contributed by atoms with van der Waals surface area (Å²) in [6, 6.07) is 0. The van der Waals surface area contributed by atoms with Gasteiger partial charge in [-0.3, -0.25) is 0 Å². The smallest absolute Gasteiger partial charge is 0.365 e. The van der Waals surface area contributed by atoms with Gasteiger partial charge in [-0.05, 0) is 0 Å². The van der Waals surface area contributed by atoms with E-state index < -0.39 is 11.7 Å². The van der Waals surface area contributed by atoms with Crippen molar-refractivity contribution in [2.45, 2.75) is 33.0 Å². The predicted octanol–water partition coefficient (Wildman–Crippen LogP) is 3.80. The molecule has 0 aromatic carbocycles. The summed E-state index contributed by atoms with van der Waals surface area (Å²) in [5.74, 6) is 0.109. The lowest BCUT2D eigenvalue weighted by molar-refractivity contribution is -0.136. The van der Waals surface area contributed by atoms with E-state index in [1.54, 1.807) is 12.4 Å². The van der Waals surface area contributed by atoms with Crippen LogP contribution in [0.2, 0.25) is 0 Å². The minimum absolute atomic E-state index is 0.0816. The standard InChI is InChI=1S/C12H9F3N6.C3H8/c13-12(14,15)8-4-19-11-9(8)10(20-6-21-11)18-3-7-1-16-5-17-2-7;1-3-2/h1-2,4-6H,3H2,(H2,18,19,20,21);3H2,1-2H3. The molecule has 128 valence electrons. The van der Waals surface area contributed by atoms with E-state index >= 15 is 0 Å². The summed E-state index contributed by atoms with van der Waals surface area (Å²) in [6.45, 7) is 4.51. The Kier molecular flexibility index (Phi) is 5.67. The number of nitrogens with one attached hydrogen (secondary N) is 2. The van der Waals surface area contributed by atoms with E-state index in [1.807, 2.05) is 0 Å². The van der Waals surface area contributed by atoms with Gasteiger partial charge in [0.2, 0.25) is 0 Å². The third-order valence-corrected chi connectivity index (χ3v) is 2.85. The number of aromatic nitrogens is 5. The molecule has 3 rings (SSSR count). The van der Waals surface area contributed by atoms with Crippen molar-refractivity contribution in [3.8, 4) is 0 Å². The van der Waals surface area contributed by atoms with Gasteiger partial charge in [0.15, 0.2) is 0 Å². The molecule has 3 aromatic rings. The number of anilines is 1. The van der Waals surface area contributed by atoms with Crippen LogP contribution in [-0.4, -0.2) is 24.9 Å². The first-order valence-electron chi connectivity index (χ1n) is 7.34. The minimum Gasteiger partial charge on any atom is -0.365 e. The third-order valence-electron chi connectivity index (χ3n) is 2.85. The highest BCUT2D eigenvalue weighted by Gasteiger charge is 2.35. The minimum atomic E-state index is -4.48. The van der Waals surface area contributed by atoms with Gasteiger partial charge in [0, 0.05) is 30.7 Å². The highest BCUT2D eigenvalue weighted by Crippen LogP contribution is 2.36. The molecule has 9 heteroatoms. The monoisotopic (exact) mass is 338 g/mol. The molecule has 0 aliphatic carbocycles. The molecule has 3 heterocycles. The highest BCUT2D eigenvalue weighted by atomic mass is 19.4. The number of alkyl halides is 3. The van der Waals surface area contributed by atoms with Gasteiger partial charge in [0.25, 0.3) is 0 Å². The van der Waals surface area contributed by atoms with Crippen molar-refractivity contribution in [1.29, 1.82) is 0 Å². The summed E-state index contributed by atoms with van der Waals surface area (Å²) in [5, 5.41) is 2.77.